The molecule has 28 heavy (non-hydrogen) atoms. The van der Waals surface area contributed by atoms with Crippen molar-refractivity contribution in [3.8, 4) is 0 Å². The SMILES string of the molecule is O=C(CN1N=N[C@@H]2C(=O)N(c3ccc(Br)cc3)C(=O)[C@H]21)Nc1ccc(Cl)cc1. The molecule has 2 heterocycles. The molecule has 0 bridgehead atoms. The van der Waals surface area contributed by atoms with Gasteiger partial charge in [-0.2, -0.15) is 5.11 Å². The van der Waals surface area contributed by atoms with Crippen LogP contribution in [0.2, 0.25) is 5.02 Å². The number of hydrogen-bond acceptors (Lipinski definition) is 6. The third-order valence-corrected chi connectivity index (χ3v) is 5.16. The van der Waals surface area contributed by atoms with E-state index in [0.717, 1.165) is 9.37 Å². The van der Waals surface area contributed by atoms with Crippen LogP contribution in [0.4, 0.5) is 11.4 Å². The zero-order chi connectivity index (χ0) is 19.8. The third-order valence-electron chi connectivity index (χ3n) is 4.38. The van der Waals surface area contributed by atoms with Crippen LogP contribution in [-0.2, 0) is 14.4 Å². The number of rotatable bonds is 4. The van der Waals surface area contributed by atoms with Crippen molar-refractivity contribution in [3.63, 3.8) is 0 Å². The molecular formula is C18H13BrClN5O3. The Morgan fingerprint density at radius 3 is 2.43 bits per heavy atom. The van der Waals surface area contributed by atoms with Crippen LogP contribution in [0, 0.1) is 0 Å². The smallest absolute Gasteiger partial charge is 0.263 e. The first-order valence-electron chi connectivity index (χ1n) is 8.30. The summed E-state index contributed by atoms with van der Waals surface area (Å²) in [6.45, 7) is -0.208. The van der Waals surface area contributed by atoms with Crippen molar-refractivity contribution < 1.29 is 14.4 Å². The number of nitrogens with one attached hydrogen (secondary N) is 1. The highest BCUT2D eigenvalue weighted by molar-refractivity contribution is 9.10. The highest BCUT2D eigenvalue weighted by atomic mass is 79.9. The molecule has 0 unspecified atom stereocenters. The molecule has 10 heteroatoms. The fourth-order valence-corrected chi connectivity index (χ4v) is 3.47. The summed E-state index contributed by atoms with van der Waals surface area (Å²) in [5.41, 5.74) is 1.01. The van der Waals surface area contributed by atoms with Gasteiger partial charge >= 0.3 is 0 Å². The molecule has 2 atom stereocenters. The number of benzene rings is 2. The Labute approximate surface area is 173 Å². The van der Waals surface area contributed by atoms with Gasteiger partial charge in [0.05, 0.1) is 5.69 Å². The van der Waals surface area contributed by atoms with Crippen molar-refractivity contribution in [1.29, 1.82) is 0 Å². The first-order chi connectivity index (χ1) is 13.4. The van der Waals surface area contributed by atoms with E-state index in [0.29, 0.717) is 16.4 Å². The van der Waals surface area contributed by atoms with E-state index < -0.39 is 23.9 Å². The molecule has 142 valence electrons. The summed E-state index contributed by atoms with van der Waals surface area (Å²) in [4.78, 5) is 38.9. The van der Waals surface area contributed by atoms with E-state index >= 15 is 0 Å². The maximum absolute atomic E-state index is 12.9. The van der Waals surface area contributed by atoms with Crippen LogP contribution in [0.1, 0.15) is 0 Å². The van der Waals surface area contributed by atoms with Gasteiger partial charge in [0.2, 0.25) is 5.91 Å². The van der Waals surface area contributed by atoms with Crippen molar-refractivity contribution in [2.24, 2.45) is 10.3 Å². The van der Waals surface area contributed by atoms with Gasteiger partial charge in [-0.3, -0.25) is 19.4 Å². The highest BCUT2D eigenvalue weighted by Gasteiger charge is 2.55. The Balaban J connectivity index is 1.48. The summed E-state index contributed by atoms with van der Waals surface area (Å²) >= 11 is 9.14. The molecule has 2 aliphatic heterocycles. The molecule has 1 N–H and O–H groups in total. The number of hydrogen-bond donors (Lipinski definition) is 1. The first kappa shape index (κ1) is 18.6. The lowest BCUT2D eigenvalue weighted by Crippen LogP contribution is -2.43. The van der Waals surface area contributed by atoms with E-state index in [9.17, 15) is 14.4 Å². The van der Waals surface area contributed by atoms with Gasteiger partial charge in [0.15, 0.2) is 12.1 Å². The van der Waals surface area contributed by atoms with Crippen molar-refractivity contribution >= 4 is 56.6 Å². The molecule has 2 aromatic carbocycles. The van der Waals surface area contributed by atoms with E-state index in [-0.39, 0.29) is 12.5 Å². The summed E-state index contributed by atoms with van der Waals surface area (Å²) in [7, 11) is 0. The number of anilines is 2. The Hall–Kier alpha value is -2.78. The van der Waals surface area contributed by atoms with Crippen molar-refractivity contribution in [1.82, 2.24) is 5.01 Å². The normalized spacial score (nSPS) is 20.6. The van der Waals surface area contributed by atoms with E-state index in [4.69, 9.17) is 11.6 Å². The summed E-state index contributed by atoms with van der Waals surface area (Å²) in [6.07, 6.45) is 0. The van der Waals surface area contributed by atoms with E-state index in [1.54, 1.807) is 48.5 Å². The quantitative estimate of drug-likeness (QED) is 0.707. The predicted octanol–water partition coefficient (Wildman–Crippen LogP) is 3.03. The van der Waals surface area contributed by atoms with Gasteiger partial charge in [0.25, 0.3) is 11.8 Å². The summed E-state index contributed by atoms with van der Waals surface area (Å²) in [6, 6.07) is 11.6. The highest BCUT2D eigenvalue weighted by Crippen LogP contribution is 2.32. The number of imide groups is 1. The van der Waals surface area contributed by atoms with E-state index in [1.807, 2.05) is 0 Å². The molecule has 8 nitrogen and oxygen atoms in total. The minimum Gasteiger partial charge on any atom is -0.324 e. The average Bonchev–Trinajstić information content (AvgIpc) is 3.18. The Morgan fingerprint density at radius 1 is 1.07 bits per heavy atom. The molecule has 0 aromatic heterocycles. The van der Waals surface area contributed by atoms with Crippen LogP contribution in [0.15, 0.2) is 63.3 Å². The standard InChI is InChI=1S/C18H13BrClN5O3/c19-10-1-7-13(8-2-10)25-17(27)15-16(18(25)28)24(23-22-15)9-14(26)21-12-5-3-11(20)4-6-12/h1-8,15-16H,9H2,(H,21,26)/t15-,16-/m0/s1. The number of carbonyl (C=O) groups is 3. The van der Waals surface area contributed by atoms with Gasteiger partial charge in [-0.1, -0.05) is 32.8 Å². The summed E-state index contributed by atoms with van der Waals surface area (Å²) in [5, 5.41) is 12.3. The molecule has 4 rings (SSSR count). The Bertz CT molecular complexity index is 980. The van der Waals surface area contributed by atoms with Crippen molar-refractivity contribution in [3.05, 3.63) is 58.0 Å². The summed E-state index contributed by atoms with van der Waals surface area (Å²) < 4.78 is 0.829. The molecule has 1 saturated heterocycles. The minimum atomic E-state index is -0.945. The number of halogens is 2. The molecular weight excluding hydrogens is 450 g/mol. The van der Waals surface area contributed by atoms with Crippen LogP contribution in [0.25, 0.3) is 0 Å². The second kappa shape index (κ2) is 7.33. The maximum Gasteiger partial charge on any atom is 0.263 e. The second-order valence-corrected chi connectivity index (χ2v) is 7.59. The molecule has 1 fully saturated rings. The zero-order valence-electron chi connectivity index (χ0n) is 14.3. The maximum atomic E-state index is 12.9. The average molecular weight is 463 g/mol. The topological polar surface area (TPSA) is 94.4 Å². The van der Waals surface area contributed by atoms with Gasteiger partial charge in [0, 0.05) is 15.2 Å². The van der Waals surface area contributed by atoms with Crippen LogP contribution in [-0.4, -0.2) is 41.4 Å². The fourth-order valence-electron chi connectivity index (χ4n) is 3.08. The van der Waals surface area contributed by atoms with Gasteiger partial charge in [-0.05, 0) is 48.5 Å². The largest absolute Gasteiger partial charge is 0.324 e. The van der Waals surface area contributed by atoms with Crippen LogP contribution < -0.4 is 10.2 Å². The number of carbonyl (C=O) groups excluding carboxylic acids is 3. The number of nitrogens with zero attached hydrogens (tertiary/aromatic N) is 4. The predicted molar refractivity (Wildman–Crippen MR) is 106 cm³/mol. The molecule has 2 aromatic rings. The van der Waals surface area contributed by atoms with Gasteiger partial charge in [-0.15, -0.1) is 0 Å². The molecule has 3 amide bonds. The lowest BCUT2D eigenvalue weighted by Gasteiger charge is -2.20. The van der Waals surface area contributed by atoms with Crippen LogP contribution in [0.5, 0.6) is 0 Å². The van der Waals surface area contributed by atoms with Gasteiger partial charge in [-0.25, -0.2) is 4.90 Å². The lowest BCUT2D eigenvalue weighted by molar-refractivity contribution is -0.123. The fraction of sp³-hybridized carbons (Fsp3) is 0.167. The van der Waals surface area contributed by atoms with Crippen LogP contribution in [0.3, 0.4) is 0 Å². The monoisotopic (exact) mass is 461 g/mol. The Morgan fingerprint density at radius 2 is 1.75 bits per heavy atom. The molecule has 0 aliphatic carbocycles. The molecule has 0 saturated carbocycles. The van der Waals surface area contributed by atoms with Gasteiger partial charge in [0.1, 0.15) is 6.54 Å². The minimum absolute atomic E-state index is 0.208. The molecule has 0 radical (unpaired) electrons. The van der Waals surface area contributed by atoms with E-state index in [1.165, 1.54) is 5.01 Å². The molecule has 2 aliphatic rings. The number of fused-ring (bicyclic) bond motifs is 1. The van der Waals surface area contributed by atoms with Crippen LogP contribution >= 0.6 is 27.5 Å². The summed E-state index contributed by atoms with van der Waals surface area (Å²) in [5.74, 6) is -1.30. The second-order valence-electron chi connectivity index (χ2n) is 6.24. The van der Waals surface area contributed by atoms with Gasteiger partial charge < -0.3 is 5.32 Å². The number of amides is 3. The van der Waals surface area contributed by atoms with E-state index in [2.05, 4.69) is 31.6 Å². The first-order valence-corrected chi connectivity index (χ1v) is 9.47. The van der Waals surface area contributed by atoms with Crippen molar-refractivity contribution in [2.45, 2.75) is 12.1 Å². The lowest BCUT2D eigenvalue weighted by atomic mass is 10.1. The third kappa shape index (κ3) is 3.38. The Kier molecular flexibility index (Phi) is 4.86. The van der Waals surface area contributed by atoms with Crippen molar-refractivity contribution in [2.75, 3.05) is 16.8 Å². The molecule has 0 spiro atoms. The zero-order valence-corrected chi connectivity index (χ0v) is 16.6.